The van der Waals surface area contributed by atoms with Crippen LogP contribution in [0.15, 0.2) is 24.3 Å². The average Bonchev–Trinajstić information content (AvgIpc) is 2.71. The van der Waals surface area contributed by atoms with Crippen LogP contribution in [0.3, 0.4) is 0 Å². The highest BCUT2D eigenvalue weighted by Crippen LogP contribution is 2.13. The Hall–Kier alpha value is -0.760. The second-order valence-corrected chi connectivity index (χ2v) is 7.59. The molecule has 2 aliphatic rings. The summed E-state index contributed by atoms with van der Waals surface area (Å²) >= 11 is 0. The quantitative estimate of drug-likeness (QED) is 0.325. The highest BCUT2D eigenvalue weighted by Gasteiger charge is 2.14. The normalized spacial score (nSPS) is 27.4. The molecule has 0 aliphatic carbocycles. The van der Waals surface area contributed by atoms with Crippen molar-refractivity contribution in [1.29, 1.82) is 0 Å². The number of hydrogen-bond donors (Lipinski definition) is 2. The second-order valence-electron chi connectivity index (χ2n) is 7.59. The maximum Gasteiger partial charge on any atom is 0.177 e. The maximum absolute atomic E-state index is 9.28. The third-order valence-corrected chi connectivity index (χ3v) is 4.95. The van der Waals surface area contributed by atoms with Crippen LogP contribution in [0.5, 0.6) is 0 Å². The van der Waals surface area contributed by atoms with Crippen LogP contribution < -0.4 is 0 Å². The molecule has 6 nitrogen and oxygen atoms in total. The molecule has 0 unspecified atom stereocenters. The van der Waals surface area contributed by atoms with Crippen LogP contribution in [0, 0.1) is 0 Å². The zero-order valence-corrected chi connectivity index (χ0v) is 17.0. The first-order valence-corrected chi connectivity index (χ1v) is 10.9. The second kappa shape index (κ2) is 15.1. The molecule has 0 aromatic rings. The number of aliphatic hydroxyl groups is 2. The molecular formula is C22H38O6. The molecule has 0 saturated heterocycles. The van der Waals surface area contributed by atoms with Gasteiger partial charge in [0.15, 0.2) is 12.6 Å². The van der Waals surface area contributed by atoms with Crippen LogP contribution in [0.4, 0.5) is 0 Å². The van der Waals surface area contributed by atoms with Gasteiger partial charge in [-0.1, -0.05) is 63.5 Å². The Morgan fingerprint density at radius 3 is 1.25 bits per heavy atom. The van der Waals surface area contributed by atoms with Gasteiger partial charge in [-0.15, -0.1) is 0 Å². The van der Waals surface area contributed by atoms with E-state index in [1.54, 1.807) is 24.3 Å². The van der Waals surface area contributed by atoms with Crippen LogP contribution in [-0.2, 0) is 18.9 Å². The third kappa shape index (κ3) is 11.3. The van der Waals surface area contributed by atoms with E-state index in [1.165, 1.54) is 51.4 Å². The summed E-state index contributed by atoms with van der Waals surface area (Å²) < 4.78 is 21.9. The molecule has 6 heteroatoms. The Kier molecular flexibility index (Phi) is 12.7. The molecule has 28 heavy (non-hydrogen) atoms. The van der Waals surface area contributed by atoms with Crippen LogP contribution in [0.1, 0.15) is 64.2 Å². The molecule has 162 valence electrons. The van der Waals surface area contributed by atoms with E-state index in [4.69, 9.17) is 18.9 Å². The van der Waals surface area contributed by atoms with Crippen LogP contribution in [0.2, 0.25) is 0 Å². The summed E-state index contributed by atoms with van der Waals surface area (Å²) in [7, 11) is 0. The Morgan fingerprint density at radius 2 is 0.929 bits per heavy atom. The van der Waals surface area contributed by atoms with E-state index in [-0.39, 0.29) is 12.6 Å². The molecule has 0 bridgehead atoms. The molecule has 0 aromatic carbocycles. The number of aliphatic hydroxyl groups excluding tert-OH is 2. The van der Waals surface area contributed by atoms with Crippen molar-refractivity contribution in [2.24, 2.45) is 0 Å². The average molecular weight is 399 g/mol. The number of unbranched alkanes of at least 4 members (excludes halogenated alkanes) is 9. The first-order valence-electron chi connectivity index (χ1n) is 10.9. The van der Waals surface area contributed by atoms with Crippen molar-refractivity contribution in [3.63, 3.8) is 0 Å². The predicted molar refractivity (Wildman–Crippen MR) is 108 cm³/mol. The van der Waals surface area contributed by atoms with E-state index in [1.807, 2.05) is 0 Å². The zero-order valence-electron chi connectivity index (χ0n) is 17.0. The van der Waals surface area contributed by atoms with Gasteiger partial charge in [-0.3, -0.25) is 0 Å². The van der Waals surface area contributed by atoms with Gasteiger partial charge in [0, 0.05) is 0 Å². The van der Waals surface area contributed by atoms with Crippen LogP contribution >= 0.6 is 0 Å². The van der Waals surface area contributed by atoms with Gasteiger partial charge in [0.05, 0.1) is 38.6 Å². The fraction of sp³-hybridized carbons (Fsp3) is 0.818. The topological polar surface area (TPSA) is 77.4 Å². The van der Waals surface area contributed by atoms with Gasteiger partial charge in [-0.05, 0) is 25.0 Å². The molecule has 2 aliphatic heterocycles. The SMILES string of the molecule is O[C@H]1C=C[C@H](OCCCCCCCCCCCCO[C@H]2C=C[C@H](O)CO2)OC1. The molecule has 0 saturated carbocycles. The van der Waals surface area contributed by atoms with Crippen LogP contribution in [-0.4, -0.2) is 61.4 Å². The molecule has 0 spiro atoms. The lowest BCUT2D eigenvalue weighted by Crippen LogP contribution is -2.26. The van der Waals surface area contributed by atoms with Gasteiger partial charge in [0.25, 0.3) is 0 Å². The first-order chi connectivity index (χ1) is 13.7. The third-order valence-electron chi connectivity index (χ3n) is 4.95. The number of ether oxygens (including phenoxy) is 4. The minimum absolute atomic E-state index is 0.284. The van der Waals surface area contributed by atoms with E-state index in [0.29, 0.717) is 13.2 Å². The Balaban J connectivity index is 1.26. The van der Waals surface area contributed by atoms with Gasteiger partial charge in [0.1, 0.15) is 0 Å². The zero-order chi connectivity index (χ0) is 19.9. The lowest BCUT2D eigenvalue weighted by Gasteiger charge is -2.20. The summed E-state index contributed by atoms with van der Waals surface area (Å²) in [6.45, 7) is 2.09. The molecule has 2 N–H and O–H groups in total. The van der Waals surface area contributed by atoms with E-state index in [9.17, 15) is 10.2 Å². The van der Waals surface area contributed by atoms with E-state index in [0.717, 1.165) is 26.1 Å². The smallest absolute Gasteiger partial charge is 0.177 e. The minimum atomic E-state index is -0.488. The van der Waals surface area contributed by atoms with Crippen molar-refractivity contribution in [2.45, 2.75) is 89.0 Å². The van der Waals surface area contributed by atoms with Crippen molar-refractivity contribution in [2.75, 3.05) is 26.4 Å². The van der Waals surface area contributed by atoms with Gasteiger partial charge in [-0.2, -0.15) is 0 Å². The molecule has 0 amide bonds. The fourth-order valence-electron chi connectivity index (χ4n) is 3.27. The lowest BCUT2D eigenvalue weighted by atomic mass is 10.1. The molecule has 0 aromatic heterocycles. The van der Waals surface area contributed by atoms with Gasteiger partial charge >= 0.3 is 0 Å². The molecular weight excluding hydrogens is 360 g/mol. The van der Waals surface area contributed by atoms with Crippen LogP contribution in [0.25, 0.3) is 0 Å². The van der Waals surface area contributed by atoms with E-state index >= 15 is 0 Å². The van der Waals surface area contributed by atoms with Gasteiger partial charge in [-0.25, -0.2) is 0 Å². The Bertz CT molecular complexity index is 399. The molecule has 4 atom stereocenters. The summed E-state index contributed by atoms with van der Waals surface area (Å²) in [5.41, 5.74) is 0. The van der Waals surface area contributed by atoms with Crippen molar-refractivity contribution in [1.82, 2.24) is 0 Å². The van der Waals surface area contributed by atoms with Crippen molar-refractivity contribution in [3.8, 4) is 0 Å². The highest BCUT2D eigenvalue weighted by atomic mass is 16.7. The van der Waals surface area contributed by atoms with Gasteiger partial charge < -0.3 is 29.2 Å². The fourth-order valence-corrected chi connectivity index (χ4v) is 3.27. The standard InChI is InChI=1S/C22H38O6/c23-19-11-13-21(27-17-19)25-15-9-7-5-3-1-2-4-6-8-10-16-26-22-14-12-20(24)18-28-22/h11-14,19-24H,1-10,15-18H2/t19-,20-,21+,22+/m0/s1. The number of rotatable bonds is 15. The molecule has 0 fully saturated rings. The monoisotopic (exact) mass is 398 g/mol. The summed E-state index contributed by atoms with van der Waals surface area (Å²) in [5.74, 6) is 0. The minimum Gasteiger partial charge on any atom is -0.387 e. The number of hydrogen-bond acceptors (Lipinski definition) is 6. The summed E-state index contributed by atoms with van der Waals surface area (Å²) in [5, 5.41) is 18.6. The van der Waals surface area contributed by atoms with E-state index < -0.39 is 12.2 Å². The summed E-state index contributed by atoms with van der Waals surface area (Å²) in [6.07, 6.45) is 17.8. The summed E-state index contributed by atoms with van der Waals surface area (Å²) in [4.78, 5) is 0. The van der Waals surface area contributed by atoms with E-state index in [2.05, 4.69) is 0 Å². The largest absolute Gasteiger partial charge is 0.387 e. The van der Waals surface area contributed by atoms with Crippen molar-refractivity contribution in [3.05, 3.63) is 24.3 Å². The first kappa shape index (κ1) is 23.5. The summed E-state index contributed by atoms with van der Waals surface area (Å²) in [6, 6.07) is 0. The lowest BCUT2D eigenvalue weighted by molar-refractivity contribution is -0.133. The van der Waals surface area contributed by atoms with Gasteiger partial charge in [0.2, 0.25) is 0 Å². The molecule has 2 heterocycles. The molecule has 2 rings (SSSR count). The molecule has 0 radical (unpaired) electrons. The Labute approximate surface area is 169 Å². The highest BCUT2D eigenvalue weighted by molar-refractivity contribution is 4.95. The Morgan fingerprint density at radius 1 is 0.571 bits per heavy atom. The predicted octanol–water partition coefficient (Wildman–Crippen LogP) is 3.47. The van der Waals surface area contributed by atoms with Crippen molar-refractivity contribution >= 4 is 0 Å². The van der Waals surface area contributed by atoms with Crippen molar-refractivity contribution < 1.29 is 29.2 Å². The maximum atomic E-state index is 9.28.